The summed E-state index contributed by atoms with van der Waals surface area (Å²) in [5, 5.41) is 0. The third-order valence-electron chi connectivity index (χ3n) is 5.78. The molecule has 3 fully saturated rings. The van der Waals surface area contributed by atoms with Gasteiger partial charge in [-0.2, -0.15) is 4.31 Å². The van der Waals surface area contributed by atoms with Crippen LogP contribution >= 0.6 is 0 Å². The zero-order chi connectivity index (χ0) is 19.9. The molecule has 2 amide bonds. The molecule has 0 bridgehead atoms. The second-order valence-electron chi connectivity index (χ2n) is 7.42. The van der Waals surface area contributed by atoms with Gasteiger partial charge >= 0.3 is 5.97 Å². The molecule has 4 rings (SSSR count). The van der Waals surface area contributed by atoms with E-state index in [-0.39, 0.29) is 29.9 Å². The summed E-state index contributed by atoms with van der Waals surface area (Å²) >= 11 is 0. The zero-order valence-corrected chi connectivity index (χ0v) is 16.2. The predicted octanol–water partition coefficient (Wildman–Crippen LogP) is 1.59. The van der Waals surface area contributed by atoms with Crippen LogP contribution < -0.4 is 4.90 Å². The highest BCUT2D eigenvalue weighted by molar-refractivity contribution is 7.89. The number of nitrogens with zero attached hydrogens (tertiary/aromatic N) is 2. The van der Waals surface area contributed by atoms with Crippen LogP contribution in [-0.4, -0.2) is 49.2 Å². The Hall–Kier alpha value is -2.26. The van der Waals surface area contributed by atoms with Gasteiger partial charge in [0.25, 0.3) is 0 Å². The van der Waals surface area contributed by atoms with Crippen molar-refractivity contribution in [1.82, 2.24) is 4.31 Å². The van der Waals surface area contributed by atoms with Crippen molar-refractivity contribution in [1.29, 1.82) is 0 Å². The van der Waals surface area contributed by atoms with Crippen LogP contribution in [-0.2, 0) is 29.1 Å². The van der Waals surface area contributed by atoms with Gasteiger partial charge in [0.2, 0.25) is 21.8 Å². The molecule has 28 heavy (non-hydrogen) atoms. The van der Waals surface area contributed by atoms with E-state index in [4.69, 9.17) is 4.74 Å². The third kappa shape index (κ3) is 2.93. The van der Waals surface area contributed by atoms with E-state index in [0.29, 0.717) is 37.8 Å². The number of carbonyl (C=O) groups is 3. The van der Waals surface area contributed by atoms with E-state index in [1.165, 1.54) is 28.6 Å². The topological polar surface area (TPSA) is 101 Å². The number of carbonyl (C=O) groups excluding carboxylic acids is 3. The highest BCUT2D eigenvalue weighted by atomic mass is 32.2. The maximum Gasteiger partial charge on any atom is 0.327 e. The van der Waals surface area contributed by atoms with E-state index in [1.807, 2.05) is 0 Å². The minimum absolute atomic E-state index is 0.0362. The summed E-state index contributed by atoms with van der Waals surface area (Å²) in [6, 6.07) is 5.72. The largest absolute Gasteiger partial charge is 0.463 e. The molecular weight excluding hydrogens is 384 g/mol. The van der Waals surface area contributed by atoms with Gasteiger partial charge in [-0.05, 0) is 43.5 Å². The first-order valence-corrected chi connectivity index (χ1v) is 11.0. The molecule has 1 saturated carbocycles. The first-order chi connectivity index (χ1) is 13.4. The third-order valence-corrected chi connectivity index (χ3v) is 7.76. The minimum Gasteiger partial charge on any atom is -0.463 e. The van der Waals surface area contributed by atoms with Crippen molar-refractivity contribution in [2.24, 2.45) is 0 Å². The number of ether oxygens (including phenoxy) is 1. The van der Waals surface area contributed by atoms with Gasteiger partial charge in [0.1, 0.15) is 12.1 Å². The monoisotopic (exact) mass is 406 g/mol. The second-order valence-corrected chi connectivity index (χ2v) is 9.28. The molecule has 1 spiro atoms. The second kappa shape index (κ2) is 6.97. The number of amides is 2. The fourth-order valence-corrected chi connectivity index (χ4v) is 6.14. The minimum atomic E-state index is -3.92. The summed E-state index contributed by atoms with van der Waals surface area (Å²) in [5.41, 5.74) is -0.753. The Morgan fingerprint density at radius 1 is 0.893 bits per heavy atom. The molecule has 2 saturated heterocycles. The van der Waals surface area contributed by atoms with E-state index in [1.54, 1.807) is 0 Å². The number of morpholine rings is 1. The van der Waals surface area contributed by atoms with Gasteiger partial charge in [0.15, 0.2) is 0 Å². The van der Waals surface area contributed by atoms with E-state index in [2.05, 4.69) is 0 Å². The lowest BCUT2D eigenvalue weighted by Crippen LogP contribution is -2.60. The van der Waals surface area contributed by atoms with Crippen molar-refractivity contribution >= 4 is 33.5 Å². The fraction of sp³-hybridized carbons (Fsp3) is 0.526. The smallest absolute Gasteiger partial charge is 0.327 e. The van der Waals surface area contributed by atoms with Crippen molar-refractivity contribution in [2.45, 2.75) is 55.4 Å². The SMILES string of the molecule is O=C1CCCC(=O)N1c1ccc(S(=O)(=O)N2CCOC(=O)C23CCCC3)cc1. The van der Waals surface area contributed by atoms with Gasteiger partial charge in [0, 0.05) is 19.4 Å². The Morgan fingerprint density at radius 2 is 1.50 bits per heavy atom. The Morgan fingerprint density at radius 3 is 2.11 bits per heavy atom. The molecule has 3 aliphatic rings. The number of benzene rings is 1. The molecule has 1 aliphatic carbocycles. The molecule has 1 aromatic rings. The molecule has 0 radical (unpaired) electrons. The van der Waals surface area contributed by atoms with Crippen molar-refractivity contribution in [3.8, 4) is 0 Å². The van der Waals surface area contributed by atoms with E-state index >= 15 is 0 Å². The summed E-state index contributed by atoms with van der Waals surface area (Å²) < 4.78 is 33.0. The van der Waals surface area contributed by atoms with Gasteiger partial charge in [-0.25, -0.2) is 8.42 Å². The van der Waals surface area contributed by atoms with Crippen LogP contribution in [0, 0.1) is 0 Å². The van der Waals surface area contributed by atoms with Crippen molar-refractivity contribution in [2.75, 3.05) is 18.1 Å². The maximum absolute atomic E-state index is 13.3. The average Bonchev–Trinajstić information content (AvgIpc) is 3.14. The van der Waals surface area contributed by atoms with E-state index < -0.39 is 21.5 Å². The summed E-state index contributed by atoms with van der Waals surface area (Å²) in [6.07, 6.45) is 3.60. The first-order valence-electron chi connectivity index (χ1n) is 9.52. The average molecular weight is 406 g/mol. The van der Waals surface area contributed by atoms with Crippen LogP contribution in [0.4, 0.5) is 5.69 Å². The summed E-state index contributed by atoms with van der Waals surface area (Å²) in [5.74, 6) is -1.04. The Labute approximate surface area is 163 Å². The zero-order valence-electron chi connectivity index (χ0n) is 15.4. The van der Waals surface area contributed by atoms with Crippen LogP contribution in [0.2, 0.25) is 0 Å². The Kier molecular flexibility index (Phi) is 4.75. The standard InChI is InChI=1S/C19H22N2O6S/c22-16-4-3-5-17(23)21(16)14-6-8-15(9-7-14)28(25,26)20-12-13-27-18(24)19(20)10-1-2-11-19/h6-9H,1-5,10-13H2. The predicted molar refractivity (Wildman–Crippen MR) is 98.8 cm³/mol. The van der Waals surface area contributed by atoms with Crippen LogP contribution in [0.5, 0.6) is 0 Å². The van der Waals surface area contributed by atoms with E-state index in [0.717, 1.165) is 17.7 Å². The van der Waals surface area contributed by atoms with Crippen molar-refractivity contribution in [3.63, 3.8) is 0 Å². The number of piperidine rings is 1. The number of rotatable bonds is 3. The van der Waals surface area contributed by atoms with E-state index in [9.17, 15) is 22.8 Å². The number of cyclic esters (lactones) is 1. The van der Waals surface area contributed by atoms with Gasteiger partial charge in [0.05, 0.1) is 10.6 Å². The molecular formula is C19H22N2O6S. The van der Waals surface area contributed by atoms with Crippen LogP contribution in [0.3, 0.4) is 0 Å². The molecule has 2 heterocycles. The quantitative estimate of drug-likeness (QED) is 0.558. The Balaban J connectivity index is 1.65. The number of esters is 1. The molecule has 0 aromatic heterocycles. The lowest BCUT2D eigenvalue weighted by molar-refractivity contribution is -0.162. The van der Waals surface area contributed by atoms with Crippen molar-refractivity contribution < 1.29 is 27.5 Å². The Bertz CT molecular complexity index is 902. The summed E-state index contributed by atoms with van der Waals surface area (Å²) in [4.78, 5) is 37.7. The first kappa shape index (κ1) is 19.1. The maximum atomic E-state index is 13.3. The fourth-order valence-electron chi connectivity index (χ4n) is 4.37. The summed E-state index contributed by atoms with van der Waals surface area (Å²) in [7, 11) is -3.92. The molecule has 0 N–H and O–H groups in total. The van der Waals surface area contributed by atoms with Crippen molar-refractivity contribution in [3.05, 3.63) is 24.3 Å². The normalized spacial score (nSPS) is 23.3. The van der Waals surface area contributed by atoms with Gasteiger partial charge in [-0.1, -0.05) is 12.8 Å². The lowest BCUT2D eigenvalue weighted by Gasteiger charge is -2.41. The van der Waals surface area contributed by atoms with Gasteiger partial charge in [-0.15, -0.1) is 0 Å². The van der Waals surface area contributed by atoms with Crippen LogP contribution in [0.15, 0.2) is 29.2 Å². The molecule has 9 heteroatoms. The van der Waals surface area contributed by atoms with Gasteiger partial charge < -0.3 is 4.74 Å². The number of imide groups is 1. The lowest BCUT2D eigenvalue weighted by atomic mass is 9.97. The number of hydrogen-bond acceptors (Lipinski definition) is 6. The summed E-state index contributed by atoms with van der Waals surface area (Å²) in [6.45, 7) is 0.160. The molecule has 1 aromatic carbocycles. The number of sulfonamides is 1. The molecule has 2 aliphatic heterocycles. The molecule has 0 atom stereocenters. The number of anilines is 1. The molecule has 0 unspecified atom stereocenters. The van der Waals surface area contributed by atoms with Crippen LogP contribution in [0.1, 0.15) is 44.9 Å². The van der Waals surface area contributed by atoms with Crippen LogP contribution in [0.25, 0.3) is 0 Å². The van der Waals surface area contributed by atoms with Gasteiger partial charge in [-0.3, -0.25) is 19.3 Å². The molecule has 8 nitrogen and oxygen atoms in total. The highest BCUT2D eigenvalue weighted by Gasteiger charge is 2.54. The highest BCUT2D eigenvalue weighted by Crippen LogP contribution is 2.41. The number of hydrogen-bond donors (Lipinski definition) is 0. The molecule has 150 valence electrons.